The van der Waals surface area contributed by atoms with Crippen molar-refractivity contribution in [3.05, 3.63) is 46.5 Å². The van der Waals surface area contributed by atoms with E-state index in [1.54, 1.807) is 6.92 Å². The van der Waals surface area contributed by atoms with Crippen LogP contribution in [-0.4, -0.2) is 20.9 Å². The van der Waals surface area contributed by atoms with Crippen molar-refractivity contribution >= 4 is 17.6 Å². The zero-order valence-electron chi connectivity index (χ0n) is 8.82. The molecule has 0 aliphatic rings. The van der Waals surface area contributed by atoms with Gasteiger partial charge in [-0.1, -0.05) is 11.6 Å². The summed E-state index contributed by atoms with van der Waals surface area (Å²) in [6.45, 7) is 1.59. The summed E-state index contributed by atoms with van der Waals surface area (Å²) in [5.74, 6) is -1.58. The molecule has 0 bridgehead atoms. The Morgan fingerprint density at radius 3 is 2.76 bits per heavy atom. The van der Waals surface area contributed by atoms with Gasteiger partial charge in [-0.2, -0.15) is 5.10 Å². The third-order valence-electron chi connectivity index (χ3n) is 2.30. The summed E-state index contributed by atoms with van der Waals surface area (Å²) in [7, 11) is 0. The first-order valence-corrected chi connectivity index (χ1v) is 5.12. The molecule has 6 heteroatoms. The van der Waals surface area contributed by atoms with Gasteiger partial charge in [-0.05, 0) is 25.1 Å². The molecule has 2 aromatic rings. The molecule has 0 aliphatic carbocycles. The van der Waals surface area contributed by atoms with Crippen LogP contribution in [0.2, 0.25) is 5.02 Å². The number of benzene rings is 1. The van der Waals surface area contributed by atoms with Gasteiger partial charge in [0.05, 0.1) is 16.4 Å². The minimum atomic E-state index is -1.05. The first kappa shape index (κ1) is 11.6. The fraction of sp³-hybridized carbons (Fsp3) is 0.0909. The Kier molecular flexibility index (Phi) is 2.85. The van der Waals surface area contributed by atoms with Gasteiger partial charge < -0.3 is 5.11 Å². The number of hydrogen-bond donors (Lipinski definition) is 1. The third-order valence-corrected chi connectivity index (χ3v) is 2.59. The highest BCUT2D eigenvalue weighted by Crippen LogP contribution is 2.19. The maximum atomic E-state index is 13.0. The first-order chi connectivity index (χ1) is 7.99. The summed E-state index contributed by atoms with van der Waals surface area (Å²) in [5.41, 5.74) is 0.996. The van der Waals surface area contributed by atoms with E-state index in [2.05, 4.69) is 5.10 Å². The van der Waals surface area contributed by atoms with E-state index in [4.69, 9.17) is 16.7 Å². The van der Waals surface area contributed by atoms with Crippen LogP contribution in [0.4, 0.5) is 4.39 Å². The Hall–Kier alpha value is -1.88. The van der Waals surface area contributed by atoms with E-state index in [9.17, 15) is 9.18 Å². The van der Waals surface area contributed by atoms with E-state index in [1.807, 2.05) is 0 Å². The van der Waals surface area contributed by atoms with E-state index in [1.165, 1.54) is 29.1 Å². The molecule has 0 saturated carbocycles. The lowest BCUT2D eigenvalue weighted by Crippen LogP contribution is -1.96. The zero-order chi connectivity index (χ0) is 12.6. The molecule has 2 rings (SSSR count). The molecule has 1 aromatic heterocycles. The van der Waals surface area contributed by atoms with Gasteiger partial charge in [0.1, 0.15) is 11.4 Å². The molecule has 17 heavy (non-hydrogen) atoms. The normalized spacial score (nSPS) is 10.5. The van der Waals surface area contributed by atoms with Crippen LogP contribution < -0.4 is 0 Å². The van der Waals surface area contributed by atoms with Crippen LogP contribution in [-0.2, 0) is 0 Å². The lowest BCUT2D eigenvalue weighted by Gasteiger charge is -2.01. The van der Waals surface area contributed by atoms with Crippen molar-refractivity contribution in [2.75, 3.05) is 0 Å². The first-order valence-electron chi connectivity index (χ1n) is 4.74. The van der Waals surface area contributed by atoms with Crippen molar-refractivity contribution in [1.29, 1.82) is 0 Å². The highest BCUT2D eigenvalue weighted by molar-refractivity contribution is 6.30. The van der Waals surface area contributed by atoms with Gasteiger partial charge in [0.15, 0.2) is 0 Å². The molecule has 1 N–H and O–H groups in total. The van der Waals surface area contributed by atoms with Gasteiger partial charge >= 0.3 is 5.97 Å². The largest absolute Gasteiger partial charge is 0.478 e. The number of aromatic nitrogens is 2. The minimum absolute atomic E-state index is 0.0347. The smallest absolute Gasteiger partial charge is 0.339 e. The molecule has 0 atom stereocenters. The van der Waals surface area contributed by atoms with Gasteiger partial charge in [0.2, 0.25) is 0 Å². The van der Waals surface area contributed by atoms with Crippen LogP contribution in [0.1, 0.15) is 16.1 Å². The number of rotatable bonds is 2. The highest BCUT2D eigenvalue weighted by atomic mass is 35.5. The van der Waals surface area contributed by atoms with Crippen LogP contribution in [0.3, 0.4) is 0 Å². The van der Waals surface area contributed by atoms with Gasteiger partial charge in [0, 0.05) is 6.20 Å². The standard InChI is InChI=1S/C11H8ClFN2O2/c1-6-8(11(16)17)5-15(14-6)7-2-3-10(13)9(12)4-7/h2-5H,1H3,(H,16,17). The summed E-state index contributed by atoms with van der Waals surface area (Å²) >= 11 is 5.64. The number of halogens is 2. The SMILES string of the molecule is Cc1nn(-c2ccc(F)c(Cl)c2)cc1C(=O)O. The van der Waals surface area contributed by atoms with Crippen LogP contribution in [0.15, 0.2) is 24.4 Å². The highest BCUT2D eigenvalue weighted by Gasteiger charge is 2.13. The van der Waals surface area contributed by atoms with E-state index < -0.39 is 11.8 Å². The van der Waals surface area contributed by atoms with Crippen molar-refractivity contribution in [2.24, 2.45) is 0 Å². The summed E-state index contributed by atoms with van der Waals surface area (Å²) in [5, 5.41) is 12.9. The predicted molar refractivity (Wildman–Crippen MR) is 60.2 cm³/mol. The number of carbonyl (C=O) groups is 1. The topological polar surface area (TPSA) is 55.1 Å². The number of aromatic carboxylic acids is 1. The Morgan fingerprint density at radius 2 is 2.24 bits per heavy atom. The van der Waals surface area contributed by atoms with Crippen molar-refractivity contribution in [3.63, 3.8) is 0 Å². The molecule has 0 saturated heterocycles. The molecule has 88 valence electrons. The summed E-state index contributed by atoms with van der Waals surface area (Å²) < 4.78 is 14.3. The second kappa shape index (κ2) is 4.18. The third kappa shape index (κ3) is 2.14. The number of hydrogen-bond acceptors (Lipinski definition) is 2. The summed E-state index contributed by atoms with van der Waals surface area (Å²) in [6, 6.07) is 4.06. The van der Waals surface area contributed by atoms with Crippen molar-refractivity contribution in [2.45, 2.75) is 6.92 Å². The second-order valence-electron chi connectivity index (χ2n) is 3.48. The molecular weight excluding hydrogens is 247 g/mol. The van der Waals surface area contributed by atoms with E-state index >= 15 is 0 Å². The zero-order valence-corrected chi connectivity index (χ0v) is 9.57. The van der Waals surface area contributed by atoms with Crippen LogP contribution in [0, 0.1) is 12.7 Å². The number of carboxylic acids is 1. The van der Waals surface area contributed by atoms with Gasteiger partial charge in [-0.15, -0.1) is 0 Å². The summed E-state index contributed by atoms with van der Waals surface area (Å²) in [4.78, 5) is 10.8. The number of aryl methyl sites for hydroxylation is 1. The molecule has 0 spiro atoms. The van der Waals surface area contributed by atoms with Crippen molar-refractivity contribution in [3.8, 4) is 5.69 Å². The van der Waals surface area contributed by atoms with Crippen LogP contribution in [0.25, 0.3) is 5.69 Å². The number of carboxylic acid groups (broad SMARTS) is 1. The second-order valence-corrected chi connectivity index (χ2v) is 3.88. The Labute approximate surface area is 101 Å². The van der Waals surface area contributed by atoms with Gasteiger partial charge in [-0.25, -0.2) is 13.9 Å². The summed E-state index contributed by atoms with van der Waals surface area (Å²) in [6.07, 6.45) is 1.36. The van der Waals surface area contributed by atoms with E-state index in [-0.39, 0.29) is 10.6 Å². The molecule has 0 amide bonds. The average molecular weight is 255 g/mol. The van der Waals surface area contributed by atoms with Crippen molar-refractivity contribution < 1.29 is 14.3 Å². The van der Waals surface area contributed by atoms with Crippen LogP contribution in [0.5, 0.6) is 0 Å². The van der Waals surface area contributed by atoms with Gasteiger partial charge in [0.25, 0.3) is 0 Å². The molecule has 0 aliphatic heterocycles. The molecule has 1 aromatic carbocycles. The van der Waals surface area contributed by atoms with Crippen LogP contribution >= 0.6 is 11.6 Å². The Balaban J connectivity index is 2.50. The molecule has 0 unspecified atom stereocenters. The maximum Gasteiger partial charge on any atom is 0.339 e. The quantitative estimate of drug-likeness (QED) is 0.896. The lowest BCUT2D eigenvalue weighted by molar-refractivity contribution is 0.0696. The fourth-order valence-electron chi connectivity index (χ4n) is 1.43. The molecule has 4 nitrogen and oxygen atoms in total. The minimum Gasteiger partial charge on any atom is -0.478 e. The maximum absolute atomic E-state index is 13.0. The average Bonchev–Trinajstić information content (AvgIpc) is 2.64. The fourth-order valence-corrected chi connectivity index (χ4v) is 1.60. The van der Waals surface area contributed by atoms with E-state index in [0.29, 0.717) is 11.4 Å². The molecule has 0 radical (unpaired) electrons. The van der Waals surface area contributed by atoms with Crippen molar-refractivity contribution in [1.82, 2.24) is 9.78 Å². The van der Waals surface area contributed by atoms with Gasteiger partial charge in [-0.3, -0.25) is 0 Å². The lowest BCUT2D eigenvalue weighted by atomic mass is 10.3. The Bertz CT molecular complexity index is 595. The predicted octanol–water partition coefficient (Wildman–Crippen LogP) is 2.67. The molecule has 0 fully saturated rings. The van der Waals surface area contributed by atoms with E-state index in [0.717, 1.165) is 0 Å². The number of nitrogens with zero attached hydrogens (tertiary/aromatic N) is 2. The molecule has 1 heterocycles. The molecular formula is C11H8ClFN2O2. The monoisotopic (exact) mass is 254 g/mol. The Morgan fingerprint density at radius 1 is 1.53 bits per heavy atom.